The molecule has 0 aliphatic carbocycles. The van der Waals surface area contributed by atoms with Crippen LogP contribution in [0.2, 0.25) is 0 Å². The summed E-state index contributed by atoms with van der Waals surface area (Å²) < 4.78 is 16.0. The topological polar surface area (TPSA) is 65.0 Å². The van der Waals surface area contributed by atoms with Crippen LogP contribution in [0, 0.1) is 0 Å². The molecule has 1 N–H and O–H groups in total. The number of phenolic OH excluding ortho intramolecular Hbond substituents is 1. The Bertz CT molecular complexity index is 791. The van der Waals surface area contributed by atoms with Crippen molar-refractivity contribution in [3.05, 3.63) is 53.3 Å². The summed E-state index contributed by atoms with van der Waals surface area (Å²) in [7, 11) is 0. The van der Waals surface area contributed by atoms with E-state index in [9.17, 15) is 9.90 Å². The molecule has 2 heterocycles. The zero-order valence-electron chi connectivity index (χ0n) is 10.8. The molecule has 2 aromatic rings. The summed E-state index contributed by atoms with van der Waals surface area (Å²) in [4.78, 5) is 12.2. The first-order valence-electron chi connectivity index (χ1n) is 6.37. The van der Waals surface area contributed by atoms with Gasteiger partial charge in [-0.05, 0) is 35.9 Å². The first-order valence-corrected chi connectivity index (χ1v) is 6.37. The van der Waals surface area contributed by atoms with Gasteiger partial charge in [0.1, 0.15) is 11.5 Å². The minimum absolute atomic E-state index is 0.0610. The maximum atomic E-state index is 12.2. The summed E-state index contributed by atoms with van der Waals surface area (Å²) in [5, 5.41) is 9.42. The fraction of sp³-hybridized carbons (Fsp3) is 0.0625. The van der Waals surface area contributed by atoms with Crippen LogP contribution in [0.1, 0.15) is 15.9 Å². The lowest BCUT2D eigenvalue weighted by molar-refractivity contribution is 0.101. The zero-order chi connectivity index (χ0) is 14.4. The van der Waals surface area contributed by atoms with Crippen molar-refractivity contribution in [2.45, 2.75) is 0 Å². The largest absolute Gasteiger partial charge is 0.508 e. The third kappa shape index (κ3) is 1.90. The predicted molar refractivity (Wildman–Crippen MR) is 73.6 cm³/mol. The highest BCUT2D eigenvalue weighted by Crippen LogP contribution is 2.36. The number of ketones is 1. The molecule has 0 amide bonds. The molecule has 2 aromatic carbocycles. The number of ether oxygens (including phenoxy) is 3. The third-order valence-electron chi connectivity index (χ3n) is 3.35. The molecule has 0 unspecified atom stereocenters. The number of carbonyl (C=O) groups is 1. The summed E-state index contributed by atoms with van der Waals surface area (Å²) in [6.07, 6.45) is 1.64. The molecule has 0 aromatic heterocycles. The Hall–Kier alpha value is -2.95. The van der Waals surface area contributed by atoms with Crippen molar-refractivity contribution in [3.8, 4) is 23.0 Å². The van der Waals surface area contributed by atoms with Gasteiger partial charge < -0.3 is 19.3 Å². The van der Waals surface area contributed by atoms with Crippen LogP contribution in [-0.2, 0) is 0 Å². The lowest BCUT2D eigenvalue weighted by Gasteiger charge is -2.00. The number of Topliss-reactive ketones (excluding diaryl/α,β-unsaturated/α-hetero) is 1. The number of hydrogen-bond donors (Lipinski definition) is 1. The van der Waals surface area contributed by atoms with Crippen molar-refractivity contribution in [1.82, 2.24) is 0 Å². The van der Waals surface area contributed by atoms with Crippen LogP contribution in [0.5, 0.6) is 23.0 Å². The second-order valence-electron chi connectivity index (χ2n) is 4.73. The van der Waals surface area contributed by atoms with Crippen molar-refractivity contribution in [2.24, 2.45) is 0 Å². The highest BCUT2D eigenvalue weighted by atomic mass is 16.7. The van der Waals surface area contributed by atoms with Gasteiger partial charge in [-0.1, -0.05) is 6.07 Å². The van der Waals surface area contributed by atoms with Gasteiger partial charge in [0.25, 0.3) is 0 Å². The van der Waals surface area contributed by atoms with Gasteiger partial charge in [0, 0.05) is 6.07 Å². The van der Waals surface area contributed by atoms with E-state index in [1.807, 2.05) is 6.07 Å². The maximum absolute atomic E-state index is 12.2. The van der Waals surface area contributed by atoms with Gasteiger partial charge in [0.2, 0.25) is 12.6 Å². The van der Waals surface area contributed by atoms with E-state index in [2.05, 4.69) is 0 Å². The monoisotopic (exact) mass is 282 g/mol. The second-order valence-corrected chi connectivity index (χ2v) is 4.73. The van der Waals surface area contributed by atoms with E-state index in [1.54, 1.807) is 24.3 Å². The number of hydrogen-bond acceptors (Lipinski definition) is 5. The fourth-order valence-electron chi connectivity index (χ4n) is 2.33. The van der Waals surface area contributed by atoms with Gasteiger partial charge in [-0.2, -0.15) is 0 Å². The predicted octanol–water partition coefficient (Wildman–Crippen LogP) is 2.74. The van der Waals surface area contributed by atoms with Crippen molar-refractivity contribution in [3.63, 3.8) is 0 Å². The number of carbonyl (C=O) groups excluding carboxylic acids is 1. The van der Waals surface area contributed by atoms with E-state index in [0.29, 0.717) is 22.8 Å². The van der Waals surface area contributed by atoms with Crippen molar-refractivity contribution in [1.29, 1.82) is 0 Å². The van der Waals surface area contributed by atoms with Crippen LogP contribution in [-0.4, -0.2) is 17.7 Å². The van der Waals surface area contributed by atoms with Crippen LogP contribution in [0.25, 0.3) is 6.08 Å². The lowest BCUT2D eigenvalue weighted by atomic mass is 10.1. The molecule has 104 valence electrons. The highest BCUT2D eigenvalue weighted by Gasteiger charge is 2.27. The van der Waals surface area contributed by atoms with E-state index in [-0.39, 0.29) is 24.1 Å². The average Bonchev–Trinajstić information content (AvgIpc) is 3.04. The molecule has 2 aliphatic rings. The van der Waals surface area contributed by atoms with Crippen LogP contribution in [0.15, 0.2) is 42.2 Å². The number of rotatable bonds is 1. The molecular weight excluding hydrogens is 272 g/mol. The van der Waals surface area contributed by atoms with E-state index in [4.69, 9.17) is 14.2 Å². The minimum atomic E-state index is -0.206. The Labute approximate surface area is 120 Å². The Morgan fingerprint density at radius 3 is 2.76 bits per heavy atom. The Morgan fingerprint density at radius 2 is 1.86 bits per heavy atom. The molecule has 5 heteroatoms. The zero-order valence-corrected chi connectivity index (χ0v) is 10.8. The SMILES string of the molecule is O=C1C(=Cc2ccc3c(c2)OCO3)Oc2cc(O)ccc21. The Balaban J connectivity index is 1.70. The number of allylic oxidation sites excluding steroid dienone is 1. The number of aromatic hydroxyl groups is 1. The van der Waals surface area contributed by atoms with Crippen molar-refractivity contribution < 1.29 is 24.1 Å². The smallest absolute Gasteiger partial charge is 0.231 e. The molecule has 2 aliphatic heterocycles. The number of benzene rings is 2. The quantitative estimate of drug-likeness (QED) is 0.815. The Kier molecular flexibility index (Phi) is 2.41. The molecule has 0 bridgehead atoms. The van der Waals surface area contributed by atoms with E-state index in [0.717, 1.165) is 5.56 Å². The van der Waals surface area contributed by atoms with Crippen LogP contribution in [0.4, 0.5) is 0 Å². The van der Waals surface area contributed by atoms with Crippen molar-refractivity contribution >= 4 is 11.9 Å². The average molecular weight is 282 g/mol. The third-order valence-corrected chi connectivity index (χ3v) is 3.35. The van der Waals surface area contributed by atoms with E-state index in [1.165, 1.54) is 12.1 Å². The minimum Gasteiger partial charge on any atom is -0.508 e. The number of phenols is 1. The fourth-order valence-corrected chi connectivity index (χ4v) is 2.33. The first kappa shape index (κ1) is 11.8. The Morgan fingerprint density at radius 1 is 1.00 bits per heavy atom. The summed E-state index contributed by atoms with van der Waals surface area (Å²) in [5.41, 5.74) is 1.22. The standard InChI is InChI=1S/C16H10O5/c17-10-2-3-11-13(7-10)21-15(16(11)18)6-9-1-4-12-14(5-9)20-8-19-12/h1-7,17H,8H2. The van der Waals surface area contributed by atoms with Gasteiger partial charge >= 0.3 is 0 Å². The van der Waals surface area contributed by atoms with Crippen LogP contribution in [0.3, 0.4) is 0 Å². The van der Waals surface area contributed by atoms with Gasteiger partial charge in [-0.3, -0.25) is 4.79 Å². The van der Waals surface area contributed by atoms with Gasteiger partial charge in [-0.15, -0.1) is 0 Å². The summed E-state index contributed by atoms with van der Waals surface area (Å²) in [5.74, 6) is 1.77. The second kappa shape index (κ2) is 4.28. The van der Waals surface area contributed by atoms with Gasteiger partial charge in [0.15, 0.2) is 17.3 Å². The molecule has 0 spiro atoms. The normalized spacial score (nSPS) is 17.0. The molecule has 0 saturated carbocycles. The van der Waals surface area contributed by atoms with Gasteiger partial charge in [0.05, 0.1) is 5.56 Å². The molecule has 0 atom stereocenters. The number of fused-ring (bicyclic) bond motifs is 2. The van der Waals surface area contributed by atoms with Gasteiger partial charge in [-0.25, -0.2) is 0 Å². The molecule has 0 saturated heterocycles. The molecule has 0 fully saturated rings. The first-order chi connectivity index (χ1) is 10.2. The van der Waals surface area contributed by atoms with E-state index >= 15 is 0 Å². The highest BCUT2D eigenvalue weighted by molar-refractivity contribution is 6.14. The molecule has 5 nitrogen and oxygen atoms in total. The maximum Gasteiger partial charge on any atom is 0.231 e. The molecule has 0 radical (unpaired) electrons. The summed E-state index contributed by atoms with van der Waals surface area (Å²) >= 11 is 0. The molecule has 21 heavy (non-hydrogen) atoms. The molecule has 4 rings (SSSR count). The van der Waals surface area contributed by atoms with Crippen molar-refractivity contribution in [2.75, 3.05) is 6.79 Å². The molecular formula is C16H10O5. The summed E-state index contributed by atoms with van der Waals surface area (Å²) in [6.45, 7) is 0.204. The van der Waals surface area contributed by atoms with Crippen LogP contribution < -0.4 is 14.2 Å². The summed E-state index contributed by atoms with van der Waals surface area (Å²) in [6, 6.07) is 9.82. The van der Waals surface area contributed by atoms with E-state index < -0.39 is 0 Å². The lowest BCUT2D eigenvalue weighted by Crippen LogP contribution is -1.97. The van der Waals surface area contributed by atoms with Crippen LogP contribution >= 0.6 is 0 Å².